The van der Waals surface area contributed by atoms with E-state index in [1.807, 2.05) is 18.2 Å². The Kier molecular flexibility index (Phi) is 6.57. The van der Waals surface area contributed by atoms with E-state index >= 15 is 0 Å². The molecule has 0 unspecified atom stereocenters. The molecule has 0 saturated carbocycles. The van der Waals surface area contributed by atoms with Gasteiger partial charge in [-0.3, -0.25) is 4.79 Å². The number of nitrogens with one attached hydrogen (secondary N) is 2. The molecule has 2 aromatic rings. The van der Waals surface area contributed by atoms with Crippen molar-refractivity contribution in [3.8, 4) is 5.75 Å². The first kappa shape index (κ1) is 18.4. The molecule has 0 spiro atoms. The van der Waals surface area contributed by atoms with E-state index in [4.69, 9.17) is 9.47 Å². The van der Waals surface area contributed by atoms with Gasteiger partial charge in [-0.2, -0.15) is 0 Å². The molecule has 1 heterocycles. The Morgan fingerprint density at radius 1 is 1.08 bits per heavy atom. The molecule has 0 aliphatic carbocycles. The number of ether oxygens (including phenoxy) is 2. The molecule has 0 bridgehead atoms. The van der Waals surface area contributed by atoms with Crippen molar-refractivity contribution in [2.75, 3.05) is 32.9 Å². The lowest BCUT2D eigenvalue weighted by Crippen LogP contribution is -3.12. The van der Waals surface area contributed by atoms with Crippen molar-refractivity contribution in [3.05, 3.63) is 65.5 Å². The summed E-state index contributed by atoms with van der Waals surface area (Å²) in [4.78, 5) is 13.5. The van der Waals surface area contributed by atoms with Crippen LogP contribution in [0.2, 0.25) is 0 Å². The van der Waals surface area contributed by atoms with Crippen LogP contribution in [0.25, 0.3) is 0 Å². The second-order valence-corrected chi connectivity index (χ2v) is 6.33. The summed E-state index contributed by atoms with van der Waals surface area (Å²) in [5, 5.41) is 2.89. The molecule has 26 heavy (non-hydrogen) atoms. The van der Waals surface area contributed by atoms with Gasteiger partial charge in [-0.15, -0.1) is 0 Å². The van der Waals surface area contributed by atoms with Gasteiger partial charge in [-0.1, -0.05) is 24.3 Å². The van der Waals surface area contributed by atoms with Crippen molar-refractivity contribution in [2.24, 2.45) is 0 Å². The minimum absolute atomic E-state index is 0.0947. The summed E-state index contributed by atoms with van der Waals surface area (Å²) in [6.07, 6.45) is 0. The van der Waals surface area contributed by atoms with Crippen molar-refractivity contribution >= 4 is 5.91 Å². The summed E-state index contributed by atoms with van der Waals surface area (Å²) >= 11 is 0. The van der Waals surface area contributed by atoms with E-state index in [1.54, 1.807) is 0 Å². The van der Waals surface area contributed by atoms with Gasteiger partial charge in [0, 0.05) is 12.1 Å². The molecule has 5 nitrogen and oxygen atoms in total. The van der Waals surface area contributed by atoms with Crippen molar-refractivity contribution in [3.63, 3.8) is 0 Å². The highest BCUT2D eigenvalue weighted by molar-refractivity contribution is 5.77. The predicted octanol–water partition coefficient (Wildman–Crippen LogP) is 0.936. The van der Waals surface area contributed by atoms with Gasteiger partial charge in [0.2, 0.25) is 0 Å². The normalized spacial score (nSPS) is 14.8. The molecule has 0 atom stereocenters. The monoisotopic (exact) mass is 359 g/mol. The van der Waals surface area contributed by atoms with Gasteiger partial charge in [0.15, 0.2) is 6.61 Å². The van der Waals surface area contributed by atoms with Crippen LogP contribution >= 0.6 is 0 Å². The van der Waals surface area contributed by atoms with Gasteiger partial charge in [0.25, 0.3) is 5.91 Å². The highest BCUT2D eigenvalue weighted by Crippen LogP contribution is 2.11. The zero-order chi connectivity index (χ0) is 18.2. The summed E-state index contributed by atoms with van der Waals surface area (Å²) in [6.45, 7) is 4.91. The van der Waals surface area contributed by atoms with Crippen molar-refractivity contribution in [1.82, 2.24) is 5.32 Å². The fourth-order valence-corrected chi connectivity index (χ4v) is 2.93. The third-order valence-corrected chi connectivity index (χ3v) is 4.42. The van der Waals surface area contributed by atoms with Crippen LogP contribution in [-0.2, 0) is 22.6 Å². The fraction of sp³-hybridized carbons (Fsp3) is 0.350. The number of halogens is 1. The predicted molar refractivity (Wildman–Crippen MR) is 95.4 cm³/mol. The number of carbonyl (C=O) groups excluding carboxylic acids is 1. The van der Waals surface area contributed by atoms with E-state index in [2.05, 4.69) is 11.4 Å². The molecule has 3 rings (SSSR count). The SMILES string of the molecule is O=C(COc1ccc(F)cc1)NCc1ccccc1C[NH+]1CCOCC1. The number of quaternary nitrogens is 1. The summed E-state index contributed by atoms with van der Waals surface area (Å²) in [6, 6.07) is 13.8. The summed E-state index contributed by atoms with van der Waals surface area (Å²) < 4.78 is 23.6. The van der Waals surface area contributed by atoms with Crippen LogP contribution in [0, 0.1) is 5.82 Å². The Morgan fingerprint density at radius 3 is 2.50 bits per heavy atom. The number of rotatable bonds is 7. The van der Waals surface area contributed by atoms with Crippen LogP contribution in [0.4, 0.5) is 4.39 Å². The highest BCUT2D eigenvalue weighted by atomic mass is 19.1. The quantitative estimate of drug-likeness (QED) is 0.774. The van der Waals surface area contributed by atoms with E-state index in [0.29, 0.717) is 12.3 Å². The van der Waals surface area contributed by atoms with Gasteiger partial charge >= 0.3 is 0 Å². The van der Waals surface area contributed by atoms with Gasteiger partial charge in [0.1, 0.15) is 31.2 Å². The lowest BCUT2D eigenvalue weighted by Gasteiger charge is -2.24. The summed E-state index contributed by atoms with van der Waals surface area (Å²) in [5.74, 6) is -0.0680. The number of hydrogen-bond donors (Lipinski definition) is 2. The molecule has 1 aliphatic heterocycles. The second-order valence-electron chi connectivity index (χ2n) is 6.33. The molecular weight excluding hydrogens is 335 g/mol. The Balaban J connectivity index is 1.49. The number of amides is 1. The molecule has 1 saturated heterocycles. The number of carbonyl (C=O) groups is 1. The molecule has 0 radical (unpaired) electrons. The Bertz CT molecular complexity index is 715. The highest BCUT2D eigenvalue weighted by Gasteiger charge is 2.16. The maximum Gasteiger partial charge on any atom is 0.258 e. The lowest BCUT2D eigenvalue weighted by molar-refractivity contribution is -0.921. The van der Waals surface area contributed by atoms with Gasteiger partial charge in [-0.05, 0) is 29.8 Å². The molecule has 1 amide bonds. The third kappa shape index (κ3) is 5.54. The topological polar surface area (TPSA) is 52.0 Å². The van der Waals surface area contributed by atoms with E-state index < -0.39 is 0 Å². The molecular formula is C20H24FN2O3+. The van der Waals surface area contributed by atoms with Crippen LogP contribution in [0.5, 0.6) is 5.75 Å². The standard InChI is InChI=1S/C20H23FN2O3/c21-18-5-7-19(8-6-18)26-15-20(24)22-13-16-3-1-2-4-17(16)14-23-9-11-25-12-10-23/h1-8H,9-15H2,(H,22,24)/p+1. The minimum Gasteiger partial charge on any atom is -0.484 e. The minimum atomic E-state index is -0.333. The molecule has 1 aliphatic rings. The van der Waals surface area contributed by atoms with Crippen molar-refractivity contribution in [1.29, 1.82) is 0 Å². The van der Waals surface area contributed by atoms with E-state index in [9.17, 15) is 9.18 Å². The van der Waals surface area contributed by atoms with E-state index in [0.717, 1.165) is 38.4 Å². The fourth-order valence-electron chi connectivity index (χ4n) is 2.93. The first-order valence-electron chi connectivity index (χ1n) is 8.84. The number of hydrogen-bond acceptors (Lipinski definition) is 3. The van der Waals surface area contributed by atoms with Gasteiger partial charge < -0.3 is 19.7 Å². The Morgan fingerprint density at radius 2 is 1.77 bits per heavy atom. The maximum atomic E-state index is 12.9. The zero-order valence-electron chi connectivity index (χ0n) is 14.7. The maximum absolute atomic E-state index is 12.9. The summed E-state index contributed by atoms with van der Waals surface area (Å²) in [5.41, 5.74) is 2.35. The Hall–Kier alpha value is -2.44. The third-order valence-electron chi connectivity index (χ3n) is 4.42. The summed E-state index contributed by atoms with van der Waals surface area (Å²) in [7, 11) is 0. The zero-order valence-corrected chi connectivity index (χ0v) is 14.7. The molecule has 0 aromatic heterocycles. The van der Waals surface area contributed by atoms with E-state index in [1.165, 1.54) is 34.7 Å². The smallest absolute Gasteiger partial charge is 0.258 e. The largest absolute Gasteiger partial charge is 0.484 e. The van der Waals surface area contributed by atoms with Crippen molar-refractivity contribution in [2.45, 2.75) is 13.1 Å². The number of morpholine rings is 1. The first-order valence-corrected chi connectivity index (χ1v) is 8.84. The molecule has 6 heteroatoms. The van der Waals surface area contributed by atoms with Crippen molar-refractivity contribution < 1.29 is 23.6 Å². The average molecular weight is 359 g/mol. The van der Waals surface area contributed by atoms with Gasteiger partial charge in [0.05, 0.1) is 13.2 Å². The second kappa shape index (κ2) is 9.31. The Labute approximate surface area is 152 Å². The molecule has 2 N–H and O–H groups in total. The van der Waals surface area contributed by atoms with Crippen LogP contribution in [0.1, 0.15) is 11.1 Å². The van der Waals surface area contributed by atoms with Crippen LogP contribution in [0.15, 0.2) is 48.5 Å². The van der Waals surface area contributed by atoms with Crippen LogP contribution in [-0.4, -0.2) is 38.8 Å². The van der Waals surface area contributed by atoms with Crippen LogP contribution in [0.3, 0.4) is 0 Å². The van der Waals surface area contributed by atoms with Gasteiger partial charge in [-0.25, -0.2) is 4.39 Å². The van der Waals surface area contributed by atoms with E-state index in [-0.39, 0.29) is 18.3 Å². The molecule has 2 aromatic carbocycles. The molecule has 1 fully saturated rings. The van der Waals surface area contributed by atoms with Crippen LogP contribution < -0.4 is 15.0 Å². The molecule has 138 valence electrons. The first-order chi connectivity index (χ1) is 12.7. The lowest BCUT2D eigenvalue weighted by atomic mass is 10.1. The number of benzene rings is 2. The average Bonchev–Trinajstić information content (AvgIpc) is 2.68.